The van der Waals surface area contributed by atoms with E-state index >= 15 is 0 Å². The zero-order valence-electron chi connectivity index (χ0n) is 13.1. The van der Waals surface area contributed by atoms with Crippen LogP contribution in [0, 0.1) is 5.41 Å². The van der Waals surface area contributed by atoms with Gasteiger partial charge in [0.05, 0.1) is 11.4 Å². The molecule has 0 aromatic heterocycles. The number of nitrogens with zero attached hydrogens (tertiary/aromatic N) is 1. The van der Waals surface area contributed by atoms with Crippen LogP contribution in [0.4, 0.5) is 10.5 Å². The monoisotopic (exact) mass is 300 g/mol. The summed E-state index contributed by atoms with van der Waals surface area (Å²) in [5.41, 5.74) is 8.52. The third kappa shape index (κ3) is 3.87. The number of aryl methyl sites for hydroxylation is 1. The fraction of sp³-hybridized carbons (Fsp3) is 0.412. The Hall–Kier alpha value is -2.30. The SMILES string of the molecule is CCCCc1ccc(NC(=O)N2CCCC(=N)/C2=C\N)cc1. The summed E-state index contributed by atoms with van der Waals surface area (Å²) in [5.74, 6) is 0. The molecule has 0 aliphatic carbocycles. The average Bonchev–Trinajstić information content (AvgIpc) is 2.54. The fourth-order valence-corrected chi connectivity index (χ4v) is 2.55. The molecule has 0 radical (unpaired) electrons. The molecule has 1 aliphatic rings. The predicted octanol–water partition coefficient (Wildman–Crippen LogP) is 3.48. The minimum absolute atomic E-state index is 0.234. The molecule has 5 nitrogen and oxygen atoms in total. The van der Waals surface area contributed by atoms with E-state index in [1.54, 1.807) is 0 Å². The molecule has 0 atom stereocenters. The second-order valence-corrected chi connectivity index (χ2v) is 5.52. The molecule has 0 unspecified atom stereocenters. The van der Waals surface area contributed by atoms with Crippen molar-refractivity contribution in [2.45, 2.75) is 39.0 Å². The first-order valence-corrected chi connectivity index (χ1v) is 7.83. The van der Waals surface area contributed by atoms with Gasteiger partial charge in [-0.1, -0.05) is 25.5 Å². The van der Waals surface area contributed by atoms with Gasteiger partial charge in [0.15, 0.2) is 0 Å². The summed E-state index contributed by atoms with van der Waals surface area (Å²) in [4.78, 5) is 13.9. The standard InChI is InChI=1S/C17H24N4O/c1-2-3-5-13-7-9-14(10-8-13)20-17(22)21-11-4-6-15(19)16(21)12-18/h7-10,12,19H,2-6,11,18H2,1H3,(H,20,22)/b16-12+,19-15?. The van der Waals surface area contributed by atoms with Crippen LogP contribution < -0.4 is 11.1 Å². The van der Waals surface area contributed by atoms with E-state index in [1.165, 1.54) is 29.5 Å². The van der Waals surface area contributed by atoms with Crippen LogP contribution in [-0.4, -0.2) is 23.2 Å². The molecule has 0 bridgehead atoms. The molecule has 2 rings (SSSR count). The molecule has 1 fully saturated rings. The van der Waals surface area contributed by atoms with Gasteiger partial charge in [-0.25, -0.2) is 4.79 Å². The van der Waals surface area contributed by atoms with E-state index in [9.17, 15) is 4.79 Å². The number of hydrogen-bond donors (Lipinski definition) is 3. The number of carbonyl (C=O) groups is 1. The Bertz CT molecular complexity index is 563. The number of nitrogens with one attached hydrogen (secondary N) is 2. The Morgan fingerprint density at radius 3 is 2.77 bits per heavy atom. The molecule has 2 amide bonds. The topological polar surface area (TPSA) is 82.2 Å². The van der Waals surface area contributed by atoms with Gasteiger partial charge >= 0.3 is 6.03 Å². The van der Waals surface area contributed by atoms with Crippen LogP contribution in [0.2, 0.25) is 0 Å². The zero-order chi connectivity index (χ0) is 15.9. The normalized spacial score (nSPS) is 16.9. The third-order valence-corrected chi connectivity index (χ3v) is 3.84. The Labute approximate surface area is 131 Å². The quantitative estimate of drug-likeness (QED) is 0.795. The van der Waals surface area contributed by atoms with E-state index in [0.29, 0.717) is 24.4 Å². The van der Waals surface area contributed by atoms with Gasteiger partial charge in [0.25, 0.3) is 0 Å². The second kappa shape index (κ2) is 7.64. The third-order valence-electron chi connectivity index (χ3n) is 3.84. The molecule has 1 heterocycles. The van der Waals surface area contributed by atoms with Crippen molar-refractivity contribution >= 4 is 17.4 Å². The van der Waals surface area contributed by atoms with Gasteiger partial charge in [-0.2, -0.15) is 0 Å². The van der Waals surface area contributed by atoms with Crippen molar-refractivity contribution in [1.29, 1.82) is 5.41 Å². The van der Waals surface area contributed by atoms with E-state index < -0.39 is 0 Å². The molecule has 1 aromatic carbocycles. The molecular formula is C17H24N4O. The number of anilines is 1. The molecule has 1 aliphatic heterocycles. The van der Waals surface area contributed by atoms with Crippen LogP contribution >= 0.6 is 0 Å². The maximum Gasteiger partial charge on any atom is 0.326 e. The number of likely N-dealkylation sites (tertiary alicyclic amines) is 1. The molecular weight excluding hydrogens is 276 g/mol. The predicted molar refractivity (Wildman–Crippen MR) is 90.0 cm³/mol. The van der Waals surface area contributed by atoms with Crippen LogP contribution in [0.3, 0.4) is 0 Å². The van der Waals surface area contributed by atoms with Crippen molar-refractivity contribution in [1.82, 2.24) is 4.90 Å². The van der Waals surface area contributed by atoms with Crippen molar-refractivity contribution in [2.75, 3.05) is 11.9 Å². The van der Waals surface area contributed by atoms with E-state index in [1.807, 2.05) is 24.3 Å². The number of hydrogen-bond acceptors (Lipinski definition) is 3. The number of rotatable bonds is 4. The highest BCUT2D eigenvalue weighted by molar-refractivity contribution is 6.03. The maximum atomic E-state index is 12.4. The van der Waals surface area contributed by atoms with Gasteiger partial charge in [-0.15, -0.1) is 0 Å². The number of piperidine rings is 1. The van der Waals surface area contributed by atoms with Crippen molar-refractivity contribution in [2.24, 2.45) is 5.73 Å². The summed E-state index contributed by atoms with van der Waals surface area (Å²) in [6.45, 7) is 2.76. The highest BCUT2D eigenvalue weighted by atomic mass is 16.2. The fourth-order valence-electron chi connectivity index (χ4n) is 2.55. The van der Waals surface area contributed by atoms with E-state index in [2.05, 4.69) is 12.2 Å². The number of allylic oxidation sites excluding steroid dienone is 1. The molecule has 4 N–H and O–H groups in total. The summed E-state index contributed by atoms with van der Waals surface area (Å²) in [6.07, 6.45) is 6.21. The van der Waals surface area contributed by atoms with Crippen LogP contribution in [0.15, 0.2) is 36.2 Å². The summed E-state index contributed by atoms with van der Waals surface area (Å²) in [5, 5.41) is 10.7. The molecule has 1 aromatic rings. The van der Waals surface area contributed by atoms with Gasteiger partial charge in [-0.05, 0) is 43.4 Å². The smallest absolute Gasteiger partial charge is 0.326 e. The Balaban J connectivity index is 2.00. The number of nitrogens with two attached hydrogens (primary N) is 1. The lowest BCUT2D eigenvalue weighted by Crippen LogP contribution is -2.41. The first-order valence-electron chi connectivity index (χ1n) is 7.83. The average molecular weight is 300 g/mol. The molecule has 22 heavy (non-hydrogen) atoms. The summed E-state index contributed by atoms with van der Waals surface area (Å²) < 4.78 is 0. The number of unbranched alkanes of at least 4 members (excludes halogenated alkanes) is 1. The molecule has 0 saturated carbocycles. The van der Waals surface area contributed by atoms with Crippen molar-refractivity contribution in [3.63, 3.8) is 0 Å². The first-order chi connectivity index (χ1) is 10.7. The highest BCUT2D eigenvalue weighted by Gasteiger charge is 2.24. The van der Waals surface area contributed by atoms with Crippen LogP contribution in [0.25, 0.3) is 0 Å². The van der Waals surface area contributed by atoms with Crippen molar-refractivity contribution in [3.05, 3.63) is 41.7 Å². The maximum absolute atomic E-state index is 12.4. The molecule has 1 saturated heterocycles. The van der Waals surface area contributed by atoms with Crippen LogP contribution in [-0.2, 0) is 6.42 Å². The number of urea groups is 1. The number of amides is 2. The van der Waals surface area contributed by atoms with Gasteiger partial charge < -0.3 is 16.5 Å². The number of benzene rings is 1. The lowest BCUT2D eigenvalue weighted by atomic mass is 10.1. The molecule has 118 valence electrons. The zero-order valence-corrected chi connectivity index (χ0v) is 13.1. The van der Waals surface area contributed by atoms with Crippen molar-refractivity contribution < 1.29 is 4.79 Å². The van der Waals surface area contributed by atoms with E-state index in [0.717, 1.165) is 18.5 Å². The summed E-state index contributed by atoms with van der Waals surface area (Å²) in [7, 11) is 0. The summed E-state index contributed by atoms with van der Waals surface area (Å²) >= 11 is 0. The van der Waals surface area contributed by atoms with Gasteiger partial charge in [0.2, 0.25) is 0 Å². The molecule has 0 spiro atoms. The summed E-state index contributed by atoms with van der Waals surface area (Å²) in [6, 6.07) is 7.70. The number of carbonyl (C=O) groups excluding carboxylic acids is 1. The van der Waals surface area contributed by atoms with E-state index in [-0.39, 0.29) is 6.03 Å². The Morgan fingerprint density at radius 2 is 2.14 bits per heavy atom. The van der Waals surface area contributed by atoms with Crippen LogP contribution in [0.1, 0.15) is 38.2 Å². The lowest BCUT2D eigenvalue weighted by molar-refractivity contribution is 0.224. The van der Waals surface area contributed by atoms with Gasteiger partial charge in [-0.3, -0.25) is 4.90 Å². The Kier molecular flexibility index (Phi) is 5.58. The van der Waals surface area contributed by atoms with Gasteiger partial charge in [0.1, 0.15) is 0 Å². The van der Waals surface area contributed by atoms with E-state index in [4.69, 9.17) is 11.1 Å². The molecule has 5 heteroatoms. The lowest BCUT2D eigenvalue weighted by Gasteiger charge is -2.29. The second-order valence-electron chi connectivity index (χ2n) is 5.52. The highest BCUT2D eigenvalue weighted by Crippen LogP contribution is 2.19. The van der Waals surface area contributed by atoms with Crippen molar-refractivity contribution in [3.8, 4) is 0 Å². The van der Waals surface area contributed by atoms with Crippen LogP contribution in [0.5, 0.6) is 0 Å². The first kappa shape index (κ1) is 16.1. The minimum Gasteiger partial charge on any atom is -0.403 e. The van der Waals surface area contributed by atoms with Gasteiger partial charge in [0, 0.05) is 18.4 Å². The largest absolute Gasteiger partial charge is 0.403 e. The minimum atomic E-state index is -0.234. The Morgan fingerprint density at radius 1 is 1.41 bits per heavy atom.